The van der Waals surface area contributed by atoms with E-state index in [0.29, 0.717) is 6.61 Å². The first kappa shape index (κ1) is 13.5. The van der Waals surface area contributed by atoms with Gasteiger partial charge in [0, 0.05) is 6.42 Å². The molecule has 1 N–H and O–H groups in total. The summed E-state index contributed by atoms with van der Waals surface area (Å²) in [4.78, 5) is 33.0. The Balaban J connectivity index is 2.11. The van der Waals surface area contributed by atoms with Crippen LogP contribution in [0.1, 0.15) is 39.0 Å². The SMILES string of the molecule is CCCCCOC(=O)CCC1NC(=O)OC1=O. The summed E-state index contributed by atoms with van der Waals surface area (Å²) in [5.74, 6) is -0.983. The highest BCUT2D eigenvalue weighted by Crippen LogP contribution is 2.08. The number of hydrogen-bond donors (Lipinski definition) is 1. The fourth-order valence-electron chi connectivity index (χ4n) is 1.46. The minimum atomic E-state index is -0.753. The zero-order valence-electron chi connectivity index (χ0n) is 9.86. The topological polar surface area (TPSA) is 81.7 Å². The van der Waals surface area contributed by atoms with Crippen molar-refractivity contribution in [3.63, 3.8) is 0 Å². The minimum Gasteiger partial charge on any atom is -0.466 e. The van der Waals surface area contributed by atoms with E-state index in [0.717, 1.165) is 19.3 Å². The van der Waals surface area contributed by atoms with Crippen LogP contribution in [0.5, 0.6) is 0 Å². The van der Waals surface area contributed by atoms with Crippen molar-refractivity contribution in [2.75, 3.05) is 6.61 Å². The van der Waals surface area contributed by atoms with Gasteiger partial charge >= 0.3 is 18.0 Å². The summed E-state index contributed by atoms with van der Waals surface area (Å²) in [7, 11) is 0. The monoisotopic (exact) mass is 243 g/mol. The number of amides is 1. The third-order valence-electron chi connectivity index (χ3n) is 2.42. The van der Waals surface area contributed by atoms with Crippen molar-refractivity contribution in [2.45, 2.75) is 45.1 Å². The molecule has 0 aliphatic carbocycles. The van der Waals surface area contributed by atoms with Gasteiger partial charge in [0.15, 0.2) is 0 Å². The van der Waals surface area contributed by atoms with Gasteiger partial charge in [-0.2, -0.15) is 0 Å². The molecular weight excluding hydrogens is 226 g/mol. The predicted molar refractivity (Wildman–Crippen MR) is 58.1 cm³/mol. The highest BCUT2D eigenvalue weighted by Gasteiger charge is 2.32. The van der Waals surface area contributed by atoms with E-state index in [-0.39, 0.29) is 18.8 Å². The van der Waals surface area contributed by atoms with Crippen LogP contribution in [0.15, 0.2) is 0 Å². The van der Waals surface area contributed by atoms with Crippen molar-refractivity contribution in [2.24, 2.45) is 0 Å². The number of nitrogens with one attached hydrogen (secondary N) is 1. The van der Waals surface area contributed by atoms with Gasteiger partial charge in [-0.1, -0.05) is 19.8 Å². The Morgan fingerprint density at radius 1 is 1.41 bits per heavy atom. The Morgan fingerprint density at radius 2 is 2.18 bits per heavy atom. The van der Waals surface area contributed by atoms with E-state index in [1.807, 2.05) is 0 Å². The molecule has 1 heterocycles. The van der Waals surface area contributed by atoms with Crippen LogP contribution in [0.2, 0.25) is 0 Å². The summed E-state index contributed by atoms with van der Waals surface area (Å²) in [6.45, 7) is 2.48. The number of alkyl carbamates (subject to hydrolysis) is 1. The van der Waals surface area contributed by atoms with Gasteiger partial charge in [-0.15, -0.1) is 0 Å². The zero-order chi connectivity index (χ0) is 12.7. The maximum Gasteiger partial charge on any atom is 0.415 e. The van der Waals surface area contributed by atoms with Crippen molar-refractivity contribution in [3.8, 4) is 0 Å². The van der Waals surface area contributed by atoms with Crippen LogP contribution in [0.3, 0.4) is 0 Å². The average Bonchev–Trinajstić information content (AvgIpc) is 2.61. The lowest BCUT2D eigenvalue weighted by atomic mass is 10.2. The number of cyclic esters (lactones) is 2. The molecule has 0 radical (unpaired) electrons. The Hall–Kier alpha value is -1.59. The van der Waals surface area contributed by atoms with Gasteiger partial charge in [0.25, 0.3) is 0 Å². The minimum absolute atomic E-state index is 0.103. The fraction of sp³-hybridized carbons (Fsp3) is 0.727. The van der Waals surface area contributed by atoms with Crippen molar-refractivity contribution >= 4 is 18.0 Å². The first-order valence-electron chi connectivity index (χ1n) is 5.81. The lowest BCUT2D eigenvalue weighted by Crippen LogP contribution is -2.29. The van der Waals surface area contributed by atoms with E-state index in [1.54, 1.807) is 0 Å². The summed E-state index contributed by atoms with van der Waals surface area (Å²) in [6.07, 6.45) is 2.51. The Kier molecular flexibility index (Phi) is 5.45. The number of carbonyl (C=O) groups excluding carboxylic acids is 3. The molecule has 1 rings (SSSR count). The van der Waals surface area contributed by atoms with Crippen molar-refractivity contribution in [3.05, 3.63) is 0 Å². The van der Waals surface area contributed by atoms with Crippen LogP contribution in [0.4, 0.5) is 4.79 Å². The molecule has 0 aromatic carbocycles. The Bertz CT molecular complexity index is 302. The van der Waals surface area contributed by atoms with Gasteiger partial charge in [-0.25, -0.2) is 9.59 Å². The number of esters is 2. The summed E-state index contributed by atoms with van der Waals surface area (Å²) in [5, 5.41) is 2.32. The van der Waals surface area contributed by atoms with Gasteiger partial charge in [-0.3, -0.25) is 4.79 Å². The van der Waals surface area contributed by atoms with Crippen LogP contribution in [-0.4, -0.2) is 30.7 Å². The van der Waals surface area contributed by atoms with Crippen LogP contribution < -0.4 is 5.32 Å². The fourth-order valence-corrected chi connectivity index (χ4v) is 1.46. The lowest BCUT2D eigenvalue weighted by Gasteiger charge is -2.06. The standard InChI is InChI=1S/C11H17NO5/c1-2-3-4-7-16-9(13)6-5-8-10(14)17-11(15)12-8/h8H,2-7H2,1H3,(H,12,15). The van der Waals surface area contributed by atoms with Crippen LogP contribution >= 0.6 is 0 Å². The van der Waals surface area contributed by atoms with E-state index in [4.69, 9.17) is 4.74 Å². The molecule has 17 heavy (non-hydrogen) atoms. The summed E-state index contributed by atoms with van der Waals surface area (Å²) >= 11 is 0. The lowest BCUT2D eigenvalue weighted by molar-refractivity contribution is -0.144. The maximum absolute atomic E-state index is 11.3. The Labute approximate surface area is 99.6 Å². The summed E-state index contributed by atoms with van der Waals surface area (Å²) < 4.78 is 9.24. The smallest absolute Gasteiger partial charge is 0.415 e. The Morgan fingerprint density at radius 3 is 2.76 bits per heavy atom. The highest BCUT2D eigenvalue weighted by molar-refractivity contribution is 5.95. The second-order valence-corrected chi connectivity index (χ2v) is 3.87. The molecule has 0 aromatic rings. The van der Waals surface area contributed by atoms with Gasteiger partial charge in [0.2, 0.25) is 0 Å². The molecule has 1 saturated heterocycles. The maximum atomic E-state index is 11.3. The molecule has 1 amide bonds. The van der Waals surface area contributed by atoms with Crippen LogP contribution in [0.25, 0.3) is 0 Å². The number of hydrogen-bond acceptors (Lipinski definition) is 5. The van der Waals surface area contributed by atoms with Crippen molar-refractivity contribution in [1.82, 2.24) is 5.32 Å². The molecule has 0 spiro atoms. The third-order valence-corrected chi connectivity index (χ3v) is 2.42. The molecule has 0 bridgehead atoms. The largest absolute Gasteiger partial charge is 0.466 e. The summed E-state index contributed by atoms with van der Waals surface area (Å²) in [6, 6.07) is -0.717. The van der Waals surface area contributed by atoms with Crippen LogP contribution in [-0.2, 0) is 19.1 Å². The van der Waals surface area contributed by atoms with E-state index >= 15 is 0 Å². The molecule has 6 heteroatoms. The van der Waals surface area contributed by atoms with E-state index in [2.05, 4.69) is 17.0 Å². The molecule has 1 aliphatic heterocycles. The van der Waals surface area contributed by atoms with E-state index in [1.165, 1.54) is 0 Å². The van der Waals surface area contributed by atoms with E-state index < -0.39 is 18.1 Å². The van der Waals surface area contributed by atoms with E-state index in [9.17, 15) is 14.4 Å². The number of unbranched alkanes of at least 4 members (excludes halogenated alkanes) is 2. The molecule has 6 nitrogen and oxygen atoms in total. The van der Waals surface area contributed by atoms with Gasteiger partial charge in [-0.05, 0) is 12.8 Å². The number of rotatable bonds is 7. The molecule has 1 aliphatic rings. The highest BCUT2D eigenvalue weighted by atomic mass is 16.6. The molecule has 0 aromatic heterocycles. The quantitative estimate of drug-likeness (QED) is 0.412. The first-order chi connectivity index (χ1) is 8.13. The second kappa shape index (κ2) is 6.88. The molecule has 96 valence electrons. The first-order valence-corrected chi connectivity index (χ1v) is 5.81. The van der Waals surface area contributed by atoms with Crippen molar-refractivity contribution in [1.29, 1.82) is 0 Å². The number of ether oxygens (including phenoxy) is 2. The molecule has 1 unspecified atom stereocenters. The predicted octanol–water partition coefficient (Wildman–Crippen LogP) is 1.13. The summed E-state index contributed by atoms with van der Waals surface area (Å²) in [5.41, 5.74) is 0. The zero-order valence-corrected chi connectivity index (χ0v) is 9.86. The molecule has 1 fully saturated rings. The van der Waals surface area contributed by atoms with Gasteiger partial charge in [0.1, 0.15) is 6.04 Å². The molecule has 0 saturated carbocycles. The van der Waals surface area contributed by atoms with Crippen molar-refractivity contribution < 1.29 is 23.9 Å². The van der Waals surface area contributed by atoms with Gasteiger partial charge in [0.05, 0.1) is 6.61 Å². The van der Waals surface area contributed by atoms with Crippen LogP contribution in [0, 0.1) is 0 Å². The number of carbonyl (C=O) groups is 3. The van der Waals surface area contributed by atoms with Gasteiger partial charge < -0.3 is 14.8 Å². The normalized spacial score (nSPS) is 18.8. The molecular formula is C11H17NO5. The average molecular weight is 243 g/mol. The third kappa shape index (κ3) is 4.84. The second-order valence-electron chi connectivity index (χ2n) is 3.87. The molecule has 1 atom stereocenters.